The van der Waals surface area contributed by atoms with E-state index in [9.17, 15) is 9.59 Å². The van der Waals surface area contributed by atoms with E-state index in [1.807, 2.05) is 18.2 Å². The molecule has 2 aliphatic rings. The number of nitrogens with one attached hydrogen (secondary N) is 2. The fraction of sp³-hybridized carbons (Fsp3) is 0.217. The minimum Gasteiger partial charge on any atom is -0.349 e. The zero-order valence-electron chi connectivity index (χ0n) is 14.9. The summed E-state index contributed by atoms with van der Waals surface area (Å²) in [6, 6.07) is 17.6. The summed E-state index contributed by atoms with van der Waals surface area (Å²) in [6.07, 6.45) is 4.22. The quantitative estimate of drug-likeness (QED) is 0.740. The zero-order valence-corrected chi connectivity index (χ0v) is 14.9. The normalized spacial score (nSPS) is 15.0. The first kappa shape index (κ1) is 16.1. The van der Waals surface area contributed by atoms with Crippen molar-refractivity contribution in [3.63, 3.8) is 0 Å². The number of carbonyl (C=O) groups excluding carboxylic acids is 2. The Bertz CT molecular complexity index is 1060. The maximum atomic E-state index is 12.9. The number of rotatable bonds is 4. The van der Waals surface area contributed by atoms with Gasteiger partial charge in [0.25, 0.3) is 11.8 Å². The van der Waals surface area contributed by atoms with Crippen LogP contribution in [-0.2, 0) is 12.8 Å². The van der Waals surface area contributed by atoms with E-state index in [1.165, 1.54) is 16.5 Å². The van der Waals surface area contributed by atoms with E-state index in [2.05, 4.69) is 22.8 Å². The molecule has 5 rings (SSSR count). The number of aryl methyl sites for hydroxylation is 2. The highest BCUT2D eigenvalue weighted by Crippen LogP contribution is 2.33. The molecular weight excluding hydrogens is 336 g/mol. The van der Waals surface area contributed by atoms with Crippen molar-refractivity contribution in [2.24, 2.45) is 0 Å². The van der Waals surface area contributed by atoms with E-state index < -0.39 is 0 Å². The highest BCUT2D eigenvalue weighted by Gasteiger charge is 2.23. The molecule has 0 aliphatic heterocycles. The van der Waals surface area contributed by atoms with Gasteiger partial charge in [0, 0.05) is 22.9 Å². The third-order valence-electron chi connectivity index (χ3n) is 5.44. The molecule has 0 atom stereocenters. The second-order valence-electron chi connectivity index (χ2n) is 7.39. The maximum Gasteiger partial charge on any atom is 0.256 e. The molecule has 1 fully saturated rings. The Balaban J connectivity index is 1.38. The van der Waals surface area contributed by atoms with E-state index in [1.54, 1.807) is 24.3 Å². The number of hydrogen-bond acceptors (Lipinski definition) is 2. The van der Waals surface area contributed by atoms with Crippen LogP contribution in [0.25, 0.3) is 10.8 Å². The van der Waals surface area contributed by atoms with Gasteiger partial charge in [0.05, 0.1) is 0 Å². The first-order valence-corrected chi connectivity index (χ1v) is 9.45. The fourth-order valence-electron chi connectivity index (χ4n) is 3.84. The minimum absolute atomic E-state index is 0.0529. The predicted molar refractivity (Wildman–Crippen MR) is 106 cm³/mol. The minimum atomic E-state index is -0.124. The van der Waals surface area contributed by atoms with Crippen LogP contribution in [-0.4, -0.2) is 17.9 Å². The molecule has 0 saturated heterocycles. The van der Waals surface area contributed by atoms with Crippen LogP contribution >= 0.6 is 0 Å². The lowest BCUT2D eigenvalue weighted by Gasteiger charge is -2.10. The highest BCUT2D eigenvalue weighted by atomic mass is 16.2. The smallest absolute Gasteiger partial charge is 0.256 e. The average Bonchev–Trinajstić information content (AvgIpc) is 3.40. The standard InChI is InChI=1S/C23H20N2O2/c26-22(24-18-11-12-18)16-6-9-17(10-7-16)25-23(27)20-13-8-15-5-4-14-2-1-3-19(20)21(14)15/h1-3,6-10,13,18H,4-5,11-12H2,(H,24,26)(H,25,27). The zero-order chi connectivity index (χ0) is 18.4. The summed E-state index contributed by atoms with van der Waals surface area (Å²) >= 11 is 0. The molecule has 0 bridgehead atoms. The molecule has 0 unspecified atom stereocenters. The van der Waals surface area contributed by atoms with Gasteiger partial charge in [0.1, 0.15) is 0 Å². The molecule has 2 aliphatic carbocycles. The van der Waals surface area contributed by atoms with Gasteiger partial charge in [-0.3, -0.25) is 9.59 Å². The van der Waals surface area contributed by atoms with E-state index in [4.69, 9.17) is 0 Å². The van der Waals surface area contributed by atoms with Crippen LogP contribution in [0, 0.1) is 0 Å². The van der Waals surface area contributed by atoms with Crippen LogP contribution in [0.4, 0.5) is 5.69 Å². The third-order valence-corrected chi connectivity index (χ3v) is 5.44. The lowest BCUT2D eigenvalue weighted by molar-refractivity contribution is 0.0950. The molecule has 0 aromatic heterocycles. The summed E-state index contributed by atoms with van der Waals surface area (Å²) < 4.78 is 0. The molecule has 27 heavy (non-hydrogen) atoms. The SMILES string of the molecule is O=C(NC1CC1)c1ccc(NC(=O)c2ccc3c4c(cccc24)CC3)cc1. The highest BCUT2D eigenvalue weighted by molar-refractivity contribution is 6.14. The maximum absolute atomic E-state index is 12.9. The Hall–Kier alpha value is -3.14. The van der Waals surface area contributed by atoms with Gasteiger partial charge in [-0.1, -0.05) is 24.3 Å². The van der Waals surface area contributed by atoms with Gasteiger partial charge in [-0.15, -0.1) is 0 Å². The first-order chi connectivity index (χ1) is 13.2. The van der Waals surface area contributed by atoms with Gasteiger partial charge < -0.3 is 10.6 Å². The molecule has 2 N–H and O–H groups in total. The van der Waals surface area contributed by atoms with Crippen molar-refractivity contribution in [3.8, 4) is 0 Å². The molecule has 1 saturated carbocycles. The summed E-state index contributed by atoms with van der Waals surface area (Å²) in [5, 5.41) is 8.17. The Morgan fingerprint density at radius 3 is 2.30 bits per heavy atom. The Labute approximate surface area is 157 Å². The predicted octanol–water partition coefficient (Wildman–Crippen LogP) is 4.08. The number of hydrogen-bond donors (Lipinski definition) is 2. The molecule has 3 aromatic carbocycles. The van der Waals surface area contributed by atoms with Crippen LogP contribution in [0.15, 0.2) is 54.6 Å². The molecule has 134 valence electrons. The van der Waals surface area contributed by atoms with Crippen LogP contribution in [0.2, 0.25) is 0 Å². The van der Waals surface area contributed by atoms with Gasteiger partial charge in [0.15, 0.2) is 0 Å². The lowest BCUT2D eigenvalue weighted by atomic mass is 9.99. The summed E-state index contributed by atoms with van der Waals surface area (Å²) in [6.45, 7) is 0. The van der Waals surface area contributed by atoms with Crippen molar-refractivity contribution in [2.75, 3.05) is 5.32 Å². The molecule has 0 heterocycles. The Kier molecular flexibility index (Phi) is 3.71. The van der Waals surface area contributed by atoms with Crippen LogP contribution in [0.1, 0.15) is 44.7 Å². The topological polar surface area (TPSA) is 58.2 Å². The van der Waals surface area contributed by atoms with Crippen molar-refractivity contribution in [1.82, 2.24) is 5.32 Å². The monoisotopic (exact) mass is 356 g/mol. The van der Waals surface area contributed by atoms with E-state index >= 15 is 0 Å². The van der Waals surface area contributed by atoms with Crippen molar-refractivity contribution < 1.29 is 9.59 Å². The summed E-state index contributed by atoms with van der Waals surface area (Å²) in [5.41, 5.74) is 4.64. The molecule has 4 nitrogen and oxygen atoms in total. The van der Waals surface area contributed by atoms with E-state index in [-0.39, 0.29) is 11.8 Å². The van der Waals surface area contributed by atoms with Crippen molar-refractivity contribution in [3.05, 3.63) is 76.9 Å². The van der Waals surface area contributed by atoms with Crippen LogP contribution in [0.3, 0.4) is 0 Å². The Morgan fingerprint density at radius 2 is 1.56 bits per heavy atom. The lowest BCUT2D eigenvalue weighted by Crippen LogP contribution is -2.25. The second kappa shape index (κ2) is 6.23. The van der Waals surface area contributed by atoms with Gasteiger partial charge in [-0.2, -0.15) is 0 Å². The fourth-order valence-corrected chi connectivity index (χ4v) is 3.84. The van der Waals surface area contributed by atoms with E-state index in [0.29, 0.717) is 22.9 Å². The van der Waals surface area contributed by atoms with Crippen LogP contribution in [0.5, 0.6) is 0 Å². The third kappa shape index (κ3) is 2.97. The number of benzene rings is 3. The average molecular weight is 356 g/mol. The Morgan fingerprint density at radius 1 is 0.815 bits per heavy atom. The summed E-state index contributed by atoms with van der Waals surface area (Å²) in [7, 11) is 0. The number of amides is 2. The number of carbonyl (C=O) groups is 2. The van der Waals surface area contributed by atoms with Crippen LogP contribution < -0.4 is 10.6 Å². The summed E-state index contributed by atoms with van der Waals surface area (Å²) in [5.74, 6) is -0.177. The molecule has 3 aromatic rings. The molecular formula is C23H20N2O2. The molecule has 0 radical (unpaired) electrons. The first-order valence-electron chi connectivity index (χ1n) is 9.45. The van der Waals surface area contributed by atoms with Gasteiger partial charge in [-0.25, -0.2) is 0 Å². The second-order valence-corrected chi connectivity index (χ2v) is 7.39. The molecule has 4 heteroatoms. The van der Waals surface area contributed by atoms with Gasteiger partial charge >= 0.3 is 0 Å². The molecule has 2 amide bonds. The van der Waals surface area contributed by atoms with Crippen molar-refractivity contribution in [2.45, 2.75) is 31.7 Å². The summed E-state index contributed by atoms with van der Waals surface area (Å²) in [4.78, 5) is 24.9. The number of anilines is 1. The van der Waals surface area contributed by atoms with Crippen molar-refractivity contribution in [1.29, 1.82) is 0 Å². The van der Waals surface area contributed by atoms with Crippen molar-refractivity contribution >= 4 is 28.3 Å². The largest absolute Gasteiger partial charge is 0.349 e. The molecule has 0 spiro atoms. The van der Waals surface area contributed by atoms with E-state index in [0.717, 1.165) is 31.1 Å². The van der Waals surface area contributed by atoms with Gasteiger partial charge in [0.2, 0.25) is 0 Å². The van der Waals surface area contributed by atoms with Gasteiger partial charge in [-0.05, 0) is 77.9 Å².